The van der Waals surface area contributed by atoms with E-state index in [9.17, 15) is 13.2 Å². The van der Waals surface area contributed by atoms with Crippen LogP contribution in [0.1, 0.15) is 18.4 Å². The Morgan fingerprint density at radius 3 is 2.79 bits per heavy atom. The Morgan fingerprint density at radius 1 is 1.50 bits per heavy atom. The molecule has 0 amide bonds. The Morgan fingerprint density at radius 2 is 2.21 bits per heavy atom. The summed E-state index contributed by atoms with van der Waals surface area (Å²) in [7, 11) is 0. The zero-order valence-corrected chi connectivity index (χ0v) is 7.69. The number of oxazole rings is 1. The van der Waals surface area contributed by atoms with Gasteiger partial charge in [-0.3, -0.25) is 0 Å². The molecule has 1 heterocycles. The summed E-state index contributed by atoms with van der Waals surface area (Å²) < 4.78 is 40.7. The third-order valence-electron chi connectivity index (χ3n) is 1.63. The van der Waals surface area contributed by atoms with E-state index in [-0.39, 0.29) is 5.76 Å². The minimum absolute atomic E-state index is 0.113. The van der Waals surface area contributed by atoms with E-state index in [1.807, 2.05) is 6.92 Å². The van der Waals surface area contributed by atoms with Crippen LogP contribution in [-0.4, -0.2) is 17.7 Å². The molecule has 1 aromatic heterocycles. The fraction of sp³-hybridized carbons (Fsp3) is 0.625. The highest BCUT2D eigenvalue weighted by Gasteiger charge is 2.31. The highest BCUT2D eigenvalue weighted by Crippen LogP contribution is 2.22. The van der Waals surface area contributed by atoms with E-state index in [0.717, 1.165) is 6.39 Å². The lowest BCUT2D eigenvalue weighted by molar-refractivity contribution is -0.130. The van der Waals surface area contributed by atoms with Gasteiger partial charge in [-0.05, 0) is 6.54 Å². The van der Waals surface area contributed by atoms with Gasteiger partial charge in [-0.2, -0.15) is 13.2 Å². The number of nitrogens with one attached hydrogen (secondary N) is 1. The van der Waals surface area contributed by atoms with Gasteiger partial charge in [0.25, 0.3) is 0 Å². The molecule has 1 N–H and O–H groups in total. The number of nitrogens with zero attached hydrogens (tertiary/aromatic N) is 1. The van der Waals surface area contributed by atoms with Crippen molar-refractivity contribution in [2.24, 2.45) is 0 Å². The van der Waals surface area contributed by atoms with Gasteiger partial charge < -0.3 is 9.73 Å². The van der Waals surface area contributed by atoms with Crippen molar-refractivity contribution in [2.75, 3.05) is 6.54 Å². The van der Waals surface area contributed by atoms with Crippen LogP contribution >= 0.6 is 0 Å². The molecule has 0 saturated carbocycles. The van der Waals surface area contributed by atoms with E-state index in [2.05, 4.69) is 14.7 Å². The average molecular weight is 208 g/mol. The number of rotatable bonds is 4. The van der Waals surface area contributed by atoms with E-state index >= 15 is 0 Å². The second-order valence-electron chi connectivity index (χ2n) is 2.79. The predicted molar refractivity (Wildman–Crippen MR) is 43.6 cm³/mol. The highest BCUT2D eigenvalue weighted by atomic mass is 19.4. The molecule has 0 fully saturated rings. The van der Waals surface area contributed by atoms with Gasteiger partial charge in [-0.15, -0.1) is 0 Å². The summed E-state index contributed by atoms with van der Waals surface area (Å²) in [5.41, 5.74) is 0.323. The average Bonchev–Trinajstić information content (AvgIpc) is 2.45. The van der Waals surface area contributed by atoms with Crippen LogP contribution in [0.4, 0.5) is 13.2 Å². The molecule has 6 heteroatoms. The summed E-state index contributed by atoms with van der Waals surface area (Å²) in [6.07, 6.45) is -4.28. The van der Waals surface area contributed by atoms with Crippen molar-refractivity contribution in [3.05, 3.63) is 17.8 Å². The second-order valence-corrected chi connectivity index (χ2v) is 2.79. The molecular formula is C8H11F3N2O. The lowest BCUT2D eigenvalue weighted by atomic mass is 10.2. The topological polar surface area (TPSA) is 38.1 Å². The molecule has 0 saturated heterocycles. The van der Waals surface area contributed by atoms with E-state index in [1.54, 1.807) is 0 Å². The summed E-state index contributed by atoms with van der Waals surface area (Å²) in [6.45, 7) is 2.85. The quantitative estimate of drug-likeness (QED) is 0.821. The van der Waals surface area contributed by atoms with Crippen LogP contribution in [0.2, 0.25) is 0 Å². The van der Waals surface area contributed by atoms with Crippen LogP contribution in [0.5, 0.6) is 0 Å². The van der Waals surface area contributed by atoms with Gasteiger partial charge in [0.05, 0.1) is 5.69 Å². The summed E-state index contributed by atoms with van der Waals surface area (Å²) in [5.74, 6) is -0.113. The van der Waals surface area contributed by atoms with Gasteiger partial charge in [-0.25, -0.2) is 4.98 Å². The van der Waals surface area contributed by atoms with Crippen LogP contribution in [0.3, 0.4) is 0 Å². The van der Waals surface area contributed by atoms with Crippen LogP contribution in [-0.2, 0) is 13.0 Å². The second kappa shape index (κ2) is 4.45. The molecule has 80 valence electrons. The van der Waals surface area contributed by atoms with Gasteiger partial charge in [0.15, 0.2) is 6.39 Å². The summed E-state index contributed by atoms with van der Waals surface area (Å²) in [4.78, 5) is 3.71. The maximum atomic E-state index is 12.0. The Labute approximate surface area is 79.3 Å². The van der Waals surface area contributed by atoms with E-state index in [1.165, 1.54) is 0 Å². The van der Waals surface area contributed by atoms with Crippen molar-refractivity contribution < 1.29 is 17.6 Å². The smallest absolute Gasteiger partial charge is 0.396 e. The zero-order chi connectivity index (χ0) is 10.6. The predicted octanol–water partition coefficient (Wildman–Crippen LogP) is 1.89. The molecule has 1 aromatic rings. The van der Waals surface area contributed by atoms with E-state index in [0.29, 0.717) is 18.8 Å². The third-order valence-corrected chi connectivity index (χ3v) is 1.63. The molecule has 0 aromatic carbocycles. The van der Waals surface area contributed by atoms with Crippen molar-refractivity contribution in [2.45, 2.75) is 26.1 Å². The molecule has 0 aliphatic carbocycles. The molecule has 0 radical (unpaired) electrons. The molecule has 3 nitrogen and oxygen atoms in total. The van der Waals surface area contributed by atoms with Crippen LogP contribution in [0, 0.1) is 0 Å². The number of halogens is 3. The monoisotopic (exact) mass is 208 g/mol. The Balaban J connectivity index is 2.63. The first-order valence-electron chi connectivity index (χ1n) is 4.21. The molecule has 0 unspecified atom stereocenters. The maximum Gasteiger partial charge on any atom is 0.396 e. The first kappa shape index (κ1) is 11.0. The van der Waals surface area contributed by atoms with Crippen molar-refractivity contribution in [3.8, 4) is 0 Å². The van der Waals surface area contributed by atoms with Crippen LogP contribution < -0.4 is 5.32 Å². The van der Waals surface area contributed by atoms with E-state index in [4.69, 9.17) is 0 Å². The maximum absolute atomic E-state index is 12.0. The highest BCUT2D eigenvalue weighted by molar-refractivity contribution is 5.08. The SMILES string of the molecule is CCNCc1ncoc1CC(F)(F)F. The van der Waals surface area contributed by atoms with E-state index < -0.39 is 12.6 Å². The number of hydrogen-bond acceptors (Lipinski definition) is 3. The van der Waals surface area contributed by atoms with Crippen LogP contribution in [0.15, 0.2) is 10.8 Å². The van der Waals surface area contributed by atoms with Crippen molar-refractivity contribution >= 4 is 0 Å². The Kier molecular flexibility index (Phi) is 3.51. The normalized spacial score (nSPS) is 12.0. The largest absolute Gasteiger partial charge is 0.448 e. The lowest BCUT2D eigenvalue weighted by Crippen LogP contribution is -2.16. The molecular weight excluding hydrogens is 197 g/mol. The Bertz CT molecular complexity index is 282. The van der Waals surface area contributed by atoms with Crippen molar-refractivity contribution in [3.63, 3.8) is 0 Å². The first-order valence-corrected chi connectivity index (χ1v) is 4.21. The first-order chi connectivity index (χ1) is 6.53. The molecule has 0 atom stereocenters. The molecule has 0 aliphatic heterocycles. The van der Waals surface area contributed by atoms with Gasteiger partial charge in [-0.1, -0.05) is 6.92 Å². The third kappa shape index (κ3) is 3.37. The number of hydrogen-bond donors (Lipinski definition) is 1. The molecule has 0 spiro atoms. The van der Waals surface area contributed by atoms with Gasteiger partial charge in [0.1, 0.15) is 12.2 Å². The summed E-state index contributed by atoms with van der Waals surface area (Å²) in [5, 5.41) is 2.89. The summed E-state index contributed by atoms with van der Waals surface area (Å²) in [6, 6.07) is 0. The Hall–Kier alpha value is -1.04. The van der Waals surface area contributed by atoms with Gasteiger partial charge >= 0.3 is 6.18 Å². The standard InChI is InChI=1S/C8H11F3N2O/c1-2-12-4-6-7(14-5-13-6)3-8(9,10)11/h5,12H,2-4H2,1H3. The fourth-order valence-electron chi connectivity index (χ4n) is 1.01. The van der Waals surface area contributed by atoms with Crippen molar-refractivity contribution in [1.29, 1.82) is 0 Å². The lowest BCUT2D eigenvalue weighted by Gasteiger charge is -2.05. The molecule has 1 rings (SSSR count). The molecule has 0 aliphatic rings. The summed E-state index contributed by atoms with van der Waals surface area (Å²) >= 11 is 0. The molecule has 14 heavy (non-hydrogen) atoms. The van der Waals surface area contributed by atoms with Crippen LogP contribution in [0.25, 0.3) is 0 Å². The van der Waals surface area contributed by atoms with Gasteiger partial charge in [0.2, 0.25) is 0 Å². The minimum atomic E-state index is -4.25. The number of aromatic nitrogens is 1. The number of alkyl halides is 3. The zero-order valence-electron chi connectivity index (χ0n) is 7.69. The minimum Gasteiger partial charge on any atom is -0.448 e. The van der Waals surface area contributed by atoms with Gasteiger partial charge in [0, 0.05) is 6.54 Å². The molecule has 0 bridgehead atoms. The fourth-order valence-corrected chi connectivity index (χ4v) is 1.01. The van der Waals surface area contributed by atoms with Crippen molar-refractivity contribution in [1.82, 2.24) is 10.3 Å².